The lowest BCUT2D eigenvalue weighted by molar-refractivity contribution is -0.143. The summed E-state index contributed by atoms with van der Waals surface area (Å²) in [6, 6.07) is 0. The molecule has 2 aliphatic rings. The maximum absolute atomic E-state index is 12.3. The summed E-state index contributed by atoms with van der Waals surface area (Å²) in [4.78, 5) is 24.6. The van der Waals surface area contributed by atoms with Crippen LogP contribution in [0, 0.1) is 23.7 Å². The lowest BCUT2D eigenvalue weighted by Crippen LogP contribution is -2.36. The van der Waals surface area contributed by atoms with Gasteiger partial charge in [0.15, 0.2) is 0 Å². The van der Waals surface area contributed by atoms with Crippen molar-refractivity contribution in [2.45, 2.75) is 90.6 Å². The average Bonchev–Trinajstić information content (AvgIpc) is 2.52. The maximum Gasteiger partial charge on any atom is 0.295 e. The van der Waals surface area contributed by atoms with E-state index in [2.05, 4.69) is 39.3 Å². The molecule has 0 bridgehead atoms. The molecule has 2 fully saturated rings. The van der Waals surface area contributed by atoms with E-state index in [1.54, 1.807) is 0 Å². The molecule has 0 aromatic rings. The third-order valence-electron chi connectivity index (χ3n) is 5.69. The Morgan fingerprint density at radius 2 is 0.846 bits per heavy atom. The fraction of sp³-hybridized carbons (Fsp3) is 0.900. The molecule has 4 nitrogen and oxygen atoms in total. The summed E-state index contributed by atoms with van der Waals surface area (Å²) in [5.74, 6) is 1.75. The predicted octanol–water partition coefficient (Wildman–Crippen LogP) is 5.36. The monoisotopic (exact) mass is 398 g/mol. The molecule has 2 rings (SSSR count). The van der Waals surface area contributed by atoms with Gasteiger partial charge in [0.25, 0.3) is 11.9 Å². The first-order chi connectivity index (χ1) is 11.9. The number of hydrogen-bond donors (Lipinski definition) is 0. The SMILES string of the molecule is C[Si](C)(C)OC(=O)C1CCC(C2CCC(C(=O)O[Si](C)(C)C)CC2)CC1. The summed E-state index contributed by atoms with van der Waals surface area (Å²) < 4.78 is 11.4. The molecule has 6 heteroatoms. The van der Waals surface area contributed by atoms with E-state index in [0.717, 1.165) is 63.2 Å². The van der Waals surface area contributed by atoms with Gasteiger partial charge in [-0.05, 0) is 102 Å². The zero-order chi connectivity index (χ0) is 19.5. The number of rotatable bonds is 5. The highest BCUT2D eigenvalue weighted by molar-refractivity contribution is 6.71. The van der Waals surface area contributed by atoms with Crippen molar-refractivity contribution in [2.75, 3.05) is 0 Å². The maximum atomic E-state index is 12.3. The Labute approximate surface area is 161 Å². The van der Waals surface area contributed by atoms with Gasteiger partial charge < -0.3 is 8.85 Å². The normalized spacial score (nSPS) is 30.5. The third kappa shape index (κ3) is 6.84. The number of carbonyl (C=O) groups excluding carboxylic acids is 2. The first kappa shape index (κ1) is 21.7. The minimum absolute atomic E-state index is 0.0421. The molecular weight excluding hydrogens is 360 g/mol. The largest absolute Gasteiger partial charge is 0.520 e. The minimum atomic E-state index is -1.78. The van der Waals surface area contributed by atoms with Crippen LogP contribution in [0.25, 0.3) is 0 Å². The lowest BCUT2D eigenvalue weighted by atomic mass is 9.69. The van der Waals surface area contributed by atoms with Gasteiger partial charge in [-0.25, -0.2) is 0 Å². The summed E-state index contributed by atoms with van der Waals surface area (Å²) in [5, 5.41) is 0. The van der Waals surface area contributed by atoms with E-state index in [1.165, 1.54) is 0 Å². The molecule has 0 radical (unpaired) electrons. The van der Waals surface area contributed by atoms with E-state index in [4.69, 9.17) is 8.85 Å². The van der Waals surface area contributed by atoms with E-state index in [1.807, 2.05) is 0 Å². The molecule has 150 valence electrons. The Balaban J connectivity index is 1.74. The molecule has 2 aliphatic carbocycles. The van der Waals surface area contributed by atoms with Crippen LogP contribution in [0.3, 0.4) is 0 Å². The minimum Gasteiger partial charge on any atom is -0.520 e. The highest BCUT2D eigenvalue weighted by Gasteiger charge is 2.36. The standard InChI is InChI=1S/C20H38O4Si2/c1-25(2,3)23-19(21)17-11-7-15(8-12-17)16-9-13-18(14-10-16)20(22)24-26(4,5)6/h15-18H,7-14H2,1-6H3. The molecule has 2 saturated carbocycles. The second-order valence-electron chi connectivity index (χ2n) is 10.3. The predicted molar refractivity (Wildman–Crippen MR) is 110 cm³/mol. The summed E-state index contributed by atoms with van der Waals surface area (Å²) >= 11 is 0. The molecule has 0 aromatic carbocycles. The fourth-order valence-corrected chi connectivity index (χ4v) is 5.96. The van der Waals surface area contributed by atoms with Crippen LogP contribution in [-0.2, 0) is 18.4 Å². The van der Waals surface area contributed by atoms with Crippen molar-refractivity contribution in [1.29, 1.82) is 0 Å². The van der Waals surface area contributed by atoms with Crippen molar-refractivity contribution in [2.24, 2.45) is 23.7 Å². The first-order valence-corrected chi connectivity index (χ1v) is 17.2. The van der Waals surface area contributed by atoms with E-state index in [-0.39, 0.29) is 23.8 Å². The van der Waals surface area contributed by atoms with Gasteiger partial charge in [0, 0.05) is 0 Å². The summed E-state index contributed by atoms with van der Waals surface area (Å²) in [6.07, 6.45) is 8.47. The molecule has 26 heavy (non-hydrogen) atoms. The van der Waals surface area contributed by atoms with Crippen LogP contribution in [0.5, 0.6) is 0 Å². The summed E-state index contributed by atoms with van der Waals surface area (Å²) in [6.45, 7) is 12.4. The second kappa shape index (κ2) is 8.59. The molecule has 0 spiro atoms. The van der Waals surface area contributed by atoms with Gasteiger partial charge in [-0.15, -0.1) is 0 Å². The molecule has 0 aliphatic heterocycles. The molecule has 0 N–H and O–H groups in total. The zero-order valence-corrected chi connectivity index (χ0v) is 19.6. The molecule has 0 amide bonds. The summed E-state index contributed by atoms with van der Waals surface area (Å²) in [7, 11) is -3.56. The Kier molecular flexibility index (Phi) is 7.16. The van der Waals surface area contributed by atoms with E-state index < -0.39 is 16.6 Å². The van der Waals surface area contributed by atoms with Crippen LogP contribution < -0.4 is 0 Å². The molecule has 0 aromatic heterocycles. The molecule has 0 atom stereocenters. The van der Waals surface area contributed by atoms with Crippen LogP contribution >= 0.6 is 0 Å². The Bertz CT molecular complexity index is 445. The Morgan fingerprint density at radius 1 is 0.577 bits per heavy atom. The molecule has 0 saturated heterocycles. The summed E-state index contributed by atoms with van der Waals surface area (Å²) in [5.41, 5.74) is 0. The smallest absolute Gasteiger partial charge is 0.295 e. The van der Waals surface area contributed by atoms with Crippen molar-refractivity contribution < 1.29 is 18.4 Å². The average molecular weight is 399 g/mol. The fourth-order valence-electron chi connectivity index (χ4n) is 4.42. The van der Waals surface area contributed by atoms with Crippen LogP contribution in [0.2, 0.25) is 39.3 Å². The Morgan fingerprint density at radius 3 is 1.08 bits per heavy atom. The van der Waals surface area contributed by atoms with Crippen LogP contribution in [0.15, 0.2) is 0 Å². The van der Waals surface area contributed by atoms with Gasteiger partial charge in [0.05, 0.1) is 11.8 Å². The highest BCUT2D eigenvalue weighted by Crippen LogP contribution is 2.42. The Hall–Kier alpha value is -0.626. The quantitative estimate of drug-likeness (QED) is 0.585. The lowest BCUT2D eigenvalue weighted by Gasteiger charge is -2.37. The van der Waals surface area contributed by atoms with Gasteiger partial charge in [-0.2, -0.15) is 0 Å². The zero-order valence-electron chi connectivity index (χ0n) is 17.6. The van der Waals surface area contributed by atoms with Gasteiger partial charge in [-0.1, -0.05) is 0 Å². The highest BCUT2D eigenvalue weighted by atomic mass is 28.4. The molecule has 0 unspecified atom stereocenters. The second-order valence-corrected chi connectivity index (χ2v) is 19.1. The van der Waals surface area contributed by atoms with Crippen molar-refractivity contribution in [1.82, 2.24) is 0 Å². The molecular formula is C20H38O4Si2. The molecule has 0 heterocycles. The first-order valence-electron chi connectivity index (χ1n) is 10.4. The van der Waals surface area contributed by atoms with Gasteiger partial charge >= 0.3 is 0 Å². The van der Waals surface area contributed by atoms with E-state index in [9.17, 15) is 9.59 Å². The van der Waals surface area contributed by atoms with Crippen LogP contribution in [0.1, 0.15) is 51.4 Å². The van der Waals surface area contributed by atoms with Crippen LogP contribution in [0.4, 0.5) is 0 Å². The van der Waals surface area contributed by atoms with E-state index >= 15 is 0 Å². The van der Waals surface area contributed by atoms with Gasteiger partial charge in [0.2, 0.25) is 16.6 Å². The van der Waals surface area contributed by atoms with Gasteiger partial charge in [-0.3, -0.25) is 9.59 Å². The van der Waals surface area contributed by atoms with Crippen molar-refractivity contribution in [3.05, 3.63) is 0 Å². The van der Waals surface area contributed by atoms with Gasteiger partial charge in [0.1, 0.15) is 0 Å². The number of hydrogen-bond acceptors (Lipinski definition) is 4. The van der Waals surface area contributed by atoms with Crippen molar-refractivity contribution in [3.8, 4) is 0 Å². The third-order valence-corrected chi connectivity index (χ3v) is 7.32. The van der Waals surface area contributed by atoms with Crippen molar-refractivity contribution >= 4 is 28.6 Å². The van der Waals surface area contributed by atoms with Crippen LogP contribution in [-0.4, -0.2) is 28.6 Å². The number of carbonyl (C=O) groups is 2. The van der Waals surface area contributed by atoms with Crippen molar-refractivity contribution in [3.63, 3.8) is 0 Å². The topological polar surface area (TPSA) is 52.6 Å². The van der Waals surface area contributed by atoms with E-state index in [0.29, 0.717) is 0 Å².